The minimum Gasteiger partial charge on any atom is -0.466 e. The van der Waals surface area contributed by atoms with Gasteiger partial charge in [0.1, 0.15) is 11.5 Å². The molecule has 0 saturated heterocycles. The summed E-state index contributed by atoms with van der Waals surface area (Å²) in [6.45, 7) is 6.12. The van der Waals surface area contributed by atoms with Crippen molar-refractivity contribution in [3.8, 4) is 5.69 Å². The smallest absolute Gasteiger partial charge is 0.106 e. The molecule has 4 nitrogen and oxygen atoms in total. The third-order valence-corrected chi connectivity index (χ3v) is 3.58. The minimum atomic E-state index is 0.195. The normalized spacial score (nSPS) is 12.3. The standard InChI is InChI=1S/C17H19N3O/c1-12-9-17(14(3)21-12)13(2)19-15-5-4-6-16(10-15)20-8-7-18-11-20/h4-11,13,19H,1-3H3. The van der Waals surface area contributed by atoms with Crippen molar-refractivity contribution >= 4 is 5.69 Å². The number of anilines is 1. The van der Waals surface area contributed by atoms with E-state index in [2.05, 4.69) is 41.5 Å². The zero-order valence-electron chi connectivity index (χ0n) is 12.5. The van der Waals surface area contributed by atoms with Gasteiger partial charge in [-0.2, -0.15) is 0 Å². The summed E-state index contributed by atoms with van der Waals surface area (Å²) < 4.78 is 7.59. The lowest BCUT2D eigenvalue weighted by atomic mass is 10.1. The Kier molecular flexibility index (Phi) is 3.52. The maximum atomic E-state index is 5.60. The van der Waals surface area contributed by atoms with E-state index < -0.39 is 0 Å². The van der Waals surface area contributed by atoms with Crippen molar-refractivity contribution in [1.82, 2.24) is 9.55 Å². The molecule has 0 fully saturated rings. The van der Waals surface area contributed by atoms with Gasteiger partial charge in [-0.3, -0.25) is 0 Å². The SMILES string of the molecule is Cc1cc(C(C)Nc2cccc(-n3ccnc3)c2)c(C)o1. The molecule has 0 spiro atoms. The van der Waals surface area contributed by atoms with E-state index in [9.17, 15) is 0 Å². The highest BCUT2D eigenvalue weighted by Gasteiger charge is 2.12. The molecule has 0 aliphatic rings. The van der Waals surface area contributed by atoms with Gasteiger partial charge in [-0.1, -0.05) is 6.07 Å². The van der Waals surface area contributed by atoms with Gasteiger partial charge in [0.05, 0.1) is 12.4 Å². The molecule has 0 amide bonds. The molecular weight excluding hydrogens is 262 g/mol. The molecule has 1 N–H and O–H groups in total. The van der Waals surface area contributed by atoms with Crippen LogP contribution in [-0.4, -0.2) is 9.55 Å². The molecule has 0 radical (unpaired) electrons. The summed E-state index contributed by atoms with van der Waals surface area (Å²) in [6.07, 6.45) is 5.51. The highest BCUT2D eigenvalue weighted by Crippen LogP contribution is 2.25. The molecule has 108 valence electrons. The number of aromatic nitrogens is 2. The van der Waals surface area contributed by atoms with Gasteiger partial charge < -0.3 is 14.3 Å². The van der Waals surface area contributed by atoms with E-state index in [1.54, 1.807) is 12.5 Å². The third-order valence-electron chi connectivity index (χ3n) is 3.58. The second kappa shape index (κ2) is 5.48. The monoisotopic (exact) mass is 281 g/mol. The topological polar surface area (TPSA) is 43.0 Å². The number of aryl methyl sites for hydroxylation is 2. The zero-order chi connectivity index (χ0) is 14.8. The van der Waals surface area contributed by atoms with E-state index in [1.807, 2.05) is 30.7 Å². The van der Waals surface area contributed by atoms with Gasteiger partial charge >= 0.3 is 0 Å². The van der Waals surface area contributed by atoms with Gasteiger partial charge in [-0.05, 0) is 45.0 Å². The van der Waals surface area contributed by atoms with Crippen LogP contribution in [0.15, 0.2) is 53.5 Å². The first-order valence-corrected chi connectivity index (χ1v) is 7.05. The summed E-state index contributed by atoms with van der Waals surface area (Å²) in [4.78, 5) is 4.08. The molecule has 0 bridgehead atoms. The molecule has 4 heteroatoms. The van der Waals surface area contributed by atoms with E-state index in [0.29, 0.717) is 0 Å². The van der Waals surface area contributed by atoms with E-state index in [4.69, 9.17) is 4.42 Å². The molecule has 0 aliphatic heterocycles. The van der Waals surface area contributed by atoms with Gasteiger partial charge in [-0.25, -0.2) is 4.98 Å². The van der Waals surface area contributed by atoms with Crippen LogP contribution in [0.4, 0.5) is 5.69 Å². The van der Waals surface area contributed by atoms with Gasteiger partial charge in [0, 0.05) is 29.3 Å². The lowest BCUT2D eigenvalue weighted by Crippen LogP contribution is -2.07. The van der Waals surface area contributed by atoms with Crippen LogP contribution in [0.2, 0.25) is 0 Å². The van der Waals surface area contributed by atoms with Gasteiger partial charge in [0.15, 0.2) is 0 Å². The number of hydrogen-bond donors (Lipinski definition) is 1. The first kappa shape index (κ1) is 13.5. The molecular formula is C17H19N3O. The van der Waals surface area contributed by atoms with Crippen molar-refractivity contribution in [1.29, 1.82) is 0 Å². The maximum Gasteiger partial charge on any atom is 0.106 e. The molecule has 1 aromatic carbocycles. The predicted molar refractivity (Wildman–Crippen MR) is 83.8 cm³/mol. The van der Waals surface area contributed by atoms with Gasteiger partial charge in [0.25, 0.3) is 0 Å². The Hall–Kier alpha value is -2.49. The zero-order valence-corrected chi connectivity index (χ0v) is 12.5. The number of benzene rings is 1. The van der Waals surface area contributed by atoms with E-state index >= 15 is 0 Å². The van der Waals surface area contributed by atoms with Crippen LogP contribution in [0.1, 0.15) is 30.0 Å². The van der Waals surface area contributed by atoms with Crippen molar-refractivity contribution in [2.45, 2.75) is 26.8 Å². The molecule has 3 aromatic rings. The third kappa shape index (κ3) is 2.84. The summed E-state index contributed by atoms with van der Waals surface area (Å²) in [7, 11) is 0. The molecule has 2 aromatic heterocycles. The summed E-state index contributed by atoms with van der Waals surface area (Å²) in [5.41, 5.74) is 3.36. The van der Waals surface area contributed by atoms with Crippen LogP contribution in [0, 0.1) is 13.8 Å². The Morgan fingerprint density at radius 2 is 2.10 bits per heavy atom. The molecule has 3 rings (SSSR count). The van der Waals surface area contributed by atoms with Crippen molar-refractivity contribution in [2.24, 2.45) is 0 Å². The fraction of sp³-hybridized carbons (Fsp3) is 0.235. The lowest BCUT2D eigenvalue weighted by Gasteiger charge is -2.15. The van der Waals surface area contributed by atoms with Gasteiger partial charge in [0.2, 0.25) is 0 Å². The van der Waals surface area contributed by atoms with Crippen LogP contribution in [-0.2, 0) is 0 Å². The van der Waals surface area contributed by atoms with E-state index in [-0.39, 0.29) is 6.04 Å². The quantitative estimate of drug-likeness (QED) is 0.777. The van der Waals surface area contributed by atoms with Crippen LogP contribution in [0.25, 0.3) is 5.69 Å². The lowest BCUT2D eigenvalue weighted by molar-refractivity contribution is 0.500. The fourth-order valence-electron chi connectivity index (χ4n) is 2.58. The highest BCUT2D eigenvalue weighted by atomic mass is 16.3. The largest absolute Gasteiger partial charge is 0.466 e. The fourth-order valence-corrected chi connectivity index (χ4v) is 2.58. The maximum absolute atomic E-state index is 5.60. The molecule has 1 atom stereocenters. The van der Waals surface area contributed by atoms with Crippen LogP contribution in [0.3, 0.4) is 0 Å². The van der Waals surface area contributed by atoms with Crippen molar-refractivity contribution in [3.05, 3.63) is 66.1 Å². The number of nitrogens with one attached hydrogen (secondary N) is 1. The van der Waals surface area contributed by atoms with Crippen LogP contribution < -0.4 is 5.32 Å². The van der Waals surface area contributed by atoms with Crippen molar-refractivity contribution in [2.75, 3.05) is 5.32 Å². The Morgan fingerprint density at radius 1 is 1.24 bits per heavy atom. The predicted octanol–water partition coefficient (Wildman–Crippen LogP) is 4.26. The second-order valence-electron chi connectivity index (χ2n) is 5.25. The highest BCUT2D eigenvalue weighted by molar-refractivity contribution is 5.52. The first-order valence-electron chi connectivity index (χ1n) is 7.05. The molecule has 1 unspecified atom stereocenters. The van der Waals surface area contributed by atoms with Gasteiger partial charge in [-0.15, -0.1) is 0 Å². The molecule has 21 heavy (non-hydrogen) atoms. The summed E-state index contributed by atoms with van der Waals surface area (Å²) in [5, 5.41) is 3.52. The van der Waals surface area contributed by atoms with E-state index in [1.165, 1.54) is 5.56 Å². The Labute approximate surface area is 124 Å². The average molecular weight is 281 g/mol. The number of rotatable bonds is 4. The number of furan rings is 1. The first-order chi connectivity index (χ1) is 10.1. The summed E-state index contributed by atoms with van der Waals surface area (Å²) >= 11 is 0. The Balaban J connectivity index is 1.82. The number of hydrogen-bond acceptors (Lipinski definition) is 3. The summed E-state index contributed by atoms with van der Waals surface area (Å²) in [6, 6.07) is 10.6. The Morgan fingerprint density at radius 3 is 2.76 bits per heavy atom. The summed E-state index contributed by atoms with van der Waals surface area (Å²) in [5.74, 6) is 1.92. The number of imidazole rings is 1. The van der Waals surface area contributed by atoms with Crippen LogP contribution in [0.5, 0.6) is 0 Å². The molecule has 0 saturated carbocycles. The number of nitrogens with zero attached hydrogens (tertiary/aromatic N) is 2. The minimum absolute atomic E-state index is 0.195. The van der Waals surface area contributed by atoms with Crippen molar-refractivity contribution in [3.63, 3.8) is 0 Å². The van der Waals surface area contributed by atoms with Crippen molar-refractivity contribution < 1.29 is 4.42 Å². The molecule has 0 aliphatic carbocycles. The van der Waals surface area contributed by atoms with E-state index in [0.717, 1.165) is 22.9 Å². The van der Waals surface area contributed by atoms with Crippen LogP contribution >= 0.6 is 0 Å². The molecule has 2 heterocycles. The average Bonchev–Trinajstić information content (AvgIpc) is 3.08. The Bertz CT molecular complexity index is 728. The second-order valence-corrected chi connectivity index (χ2v) is 5.25.